The molecule has 1 amide bonds. The molecule has 0 aliphatic carbocycles. The second-order valence-corrected chi connectivity index (χ2v) is 5.19. The van der Waals surface area contributed by atoms with Crippen molar-refractivity contribution in [2.75, 3.05) is 19.0 Å². The predicted octanol–water partition coefficient (Wildman–Crippen LogP) is 3.38. The normalized spacial score (nSPS) is 11.8. The fourth-order valence-electron chi connectivity index (χ4n) is 2.03. The molecule has 0 bridgehead atoms. The van der Waals surface area contributed by atoms with E-state index in [0.717, 1.165) is 11.3 Å². The molecule has 110 valence electrons. The van der Waals surface area contributed by atoms with E-state index in [0.29, 0.717) is 5.56 Å². The van der Waals surface area contributed by atoms with Gasteiger partial charge in [0.1, 0.15) is 5.82 Å². The lowest BCUT2D eigenvalue weighted by molar-refractivity contribution is 0.0940. The third-order valence-electron chi connectivity index (χ3n) is 3.36. The number of rotatable bonds is 4. The van der Waals surface area contributed by atoms with Gasteiger partial charge in [-0.05, 0) is 48.9 Å². The number of hydrogen-bond acceptors (Lipinski definition) is 2. The highest BCUT2D eigenvalue weighted by Crippen LogP contribution is 2.15. The Morgan fingerprint density at radius 2 is 1.62 bits per heavy atom. The number of amides is 1. The highest BCUT2D eigenvalue weighted by atomic mass is 19.1. The molecule has 0 spiro atoms. The summed E-state index contributed by atoms with van der Waals surface area (Å²) in [5.41, 5.74) is 2.52. The average molecular weight is 286 g/mol. The largest absolute Gasteiger partial charge is 0.378 e. The van der Waals surface area contributed by atoms with Gasteiger partial charge in [-0.2, -0.15) is 0 Å². The third-order valence-corrected chi connectivity index (χ3v) is 3.36. The minimum Gasteiger partial charge on any atom is -0.378 e. The van der Waals surface area contributed by atoms with Crippen LogP contribution in [0.1, 0.15) is 28.9 Å². The zero-order chi connectivity index (χ0) is 15.4. The van der Waals surface area contributed by atoms with Crippen molar-refractivity contribution in [3.8, 4) is 0 Å². The number of nitrogens with zero attached hydrogens (tertiary/aromatic N) is 1. The molecule has 2 rings (SSSR count). The summed E-state index contributed by atoms with van der Waals surface area (Å²) >= 11 is 0. The van der Waals surface area contributed by atoms with Gasteiger partial charge >= 0.3 is 0 Å². The molecule has 0 heterocycles. The maximum Gasteiger partial charge on any atom is 0.251 e. The van der Waals surface area contributed by atoms with Crippen molar-refractivity contribution in [1.82, 2.24) is 5.32 Å². The van der Waals surface area contributed by atoms with Gasteiger partial charge in [-0.3, -0.25) is 4.79 Å². The van der Waals surface area contributed by atoms with E-state index in [9.17, 15) is 9.18 Å². The quantitative estimate of drug-likeness (QED) is 0.934. The van der Waals surface area contributed by atoms with Gasteiger partial charge in [0.15, 0.2) is 0 Å². The molecule has 0 aliphatic rings. The Hall–Kier alpha value is -2.36. The molecule has 4 heteroatoms. The summed E-state index contributed by atoms with van der Waals surface area (Å²) < 4.78 is 12.9. The molecule has 1 atom stereocenters. The summed E-state index contributed by atoms with van der Waals surface area (Å²) in [6.07, 6.45) is 0. The van der Waals surface area contributed by atoms with Crippen molar-refractivity contribution in [3.05, 3.63) is 65.5 Å². The van der Waals surface area contributed by atoms with Crippen molar-refractivity contribution >= 4 is 11.6 Å². The Bertz CT molecular complexity index is 606. The fraction of sp³-hybridized carbons (Fsp3) is 0.235. The number of carbonyl (C=O) groups excluding carboxylic acids is 1. The van der Waals surface area contributed by atoms with Gasteiger partial charge in [0.05, 0.1) is 6.04 Å². The van der Waals surface area contributed by atoms with Gasteiger partial charge in [0.25, 0.3) is 5.91 Å². The molecule has 0 aromatic heterocycles. The lowest BCUT2D eigenvalue weighted by Crippen LogP contribution is -2.26. The van der Waals surface area contributed by atoms with Crippen LogP contribution in [0.3, 0.4) is 0 Å². The van der Waals surface area contributed by atoms with E-state index in [1.807, 2.05) is 38.1 Å². The zero-order valence-corrected chi connectivity index (χ0v) is 12.4. The second kappa shape index (κ2) is 6.39. The number of benzene rings is 2. The van der Waals surface area contributed by atoms with Crippen LogP contribution >= 0.6 is 0 Å². The smallest absolute Gasteiger partial charge is 0.251 e. The first-order valence-electron chi connectivity index (χ1n) is 6.81. The van der Waals surface area contributed by atoms with E-state index in [2.05, 4.69) is 5.32 Å². The van der Waals surface area contributed by atoms with E-state index in [1.54, 1.807) is 24.3 Å². The second-order valence-electron chi connectivity index (χ2n) is 5.19. The molecule has 0 aliphatic heterocycles. The van der Waals surface area contributed by atoms with Crippen LogP contribution in [-0.4, -0.2) is 20.0 Å². The Morgan fingerprint density at radius 3 is 2.14 bits per heavy atom. The Labute approximate surface area is 124 Å². The Morgan fingerprint density at radius 1 is 1.05 bits per heavy atom. The molecule has 0 saturated heterocycles. The van der Waals surface area contributed by atoms with Crippen LogP contribution < -0.4 is 10.2 Å². The van der Waals surface area contributed by atoms with E-state index >= 15 is 0 Å². The lowest BCUT2D eigenvalue weighted by Gasteiger charge is -2.16. The van der Waals surface area contributed by atoms with E-state index < -0.39 is 0 Å². The summed E-state index contributed by atoms with van der Waals surface area (Å²) in [5.74, 6) is -0.423. The van der Waals surface area contributed by atoms with Gasteiger partial charge in [-0.25, -0.2) is 4.39 Å². The van der Waals surface area contributed by atoms with E-state index in [1.165, 1.54) is 12.1 Å². The topological polar surface area (TPSA) is 32.3 Å². The summed E-state index contributed by atoms with van der Waals surface area (Å²) in [4.78, 5) is 14.2. The van der Waals surface area contributed by atoms with E-state index in [4.69, 9.17) is 0 Å². The number of nitrogens with one attached hydrogen (secondary N) is 1. The van der Waals surface area contributed by atoms with Gasteiger partial charge in [0, 0.05) is 25.3 Å². The fourth-order valence-corrected chi connectivity index (χ4v) is 2.03. The van der Waals surface area contributed by atoms with Crippen LogP contribution in [0, 0.1) is 5.82 Å². The van der Waals surface area contributed by atoms with Crippen molar-refractivity contribution in [2.24, 2.45) is 0 Å². The first-order chi connectivity index (χ1) is 9.97. The first kappa shape index (κ1) is 15.0. The molecule has 1 N–H and O–H groups in total. The van der Waals surface area contributed by atoms with E-state index in [-0.39, 0.29) is 17.8 Å². The average Bonchev–Trinajstić information content (AvgIpc) is 2.47. The zero-order valence-electron chi connectivity index (χ0n) is 12.4. The lowest BCUT2D eigenvalue weighted by atomic mass is 10.1. The van der Waals surface area contributed by atoms with Crippen LogP contribution in [0.4, 0.5) is 10.1 Å². The maximum absolute atomic E-state index is 12.9. The van der Waals surface area contributed by atoms with Gasteiger partial charge in [-0.1, -0.05) is 12.1 Å². The molecule has 3 nitrogen and oxygen atoms in total. The van der Waals surface area contributed by atoms with Crippen molar-refractivity contribution < 1.29 is 9.18 Å². The molecule has 0 saturated carbocycles. The van der Waals surface area contributed by atoms with Crippen molar-refractivity contribution in [2.45, 2.75) is 13.0 Å². The van der Waals surface area contributed by atoms with Crippen LogP contribution in [0.15, 0.2) is 48.5 Å². The number of carbonyl (C=O) groups is 1. The minimum absolute atomic E-state index is 0.142. The molecule has 2 aromatic rings. The number of halogens is 1. The monoisotopic (exact) mass is 286 g/mol. The van der Waals surface area contributed by atoms with Crippen molar-refractivity contribution in [1.29, 1.82) is 0 Å². The maximum atomic E-state index is 12.9. The number of hydrogen-bond donors (Lipinski definition) is 1. The van der Waals surface area contributed by atoms with Crippen molar-refractivity contribution in [3.63, 3.8) is 0 Å². The predicted molar refractivity (Wildman–Crippen MR) is 83.1 cm³/mol. The van der Waals surface area contributed by atoms with Gasteiger partial charge < -0.3 is 10.2 Å². The standard InChI is InChI=1S/C17H19FN2O/c1-12(13-4-8-15(18)9-5-13)19-17(21)14-6-10-16(11-7-14)20(2)3/h4-12H,1-3H3,(H,19,21)/t12-/m0/s1. The molecule has 0 fully saturated rings. The van der Waals surface area contributed by atoms with Crippen LogP contribution in [-0.2, 0) is 0 Å². The molecule has 2 aromatic carbocycles. The SMILES string of the molecule is C[C@H](NC(=O)c1ccc(N(C)C)cc1)c1ccc(F)cc1. The summed E-state index contributed by atoms with van der Waals surface area (Å²) in [6.45, 7) is 1.87. The molecule has 0 unspecified atom stereocenters. The minimum atomic E-state index is -0.281. The Balaban J connectivity index is 2.05. The third kappa shape index (κ3) is 3.81. The summed E-state index contributed by atoms with van der Waals surface area (Å²) in [7, 11) is 3.90. The van der Waals surface area contributed by atoms with Crippen LogP contribution in [0.5, 0.6) is 0 Å². The molecule has 21 heavy (non-hydrogen) atoms. The molecule has 0 radical (unpaired) electrons. The summed E-state index contributed by atoms with van der Waals surface area (Å²) in [5, 5.41) is 2.91. The first-order valence-corrected chi connectivity index (χ1v) is 6.81. The highest BCUT2D eigenvalue weighted by molar-refractivity contribution is 5.94. The highest BCUT2D eigenvalue weighted by Gasteiger charge is 2.11. The van der Waals surface area contributed by atoms with Gasteiger partial charge in [0.2, 0.25) is 0 Å². The Kier molecular flexibility index (Phi) is 4.58. The molecular formula is C17H19FN2O. The number of anilines is 1. The molecular weight excluding hydrogens is 267 g/mol. The van der Waals surface area contributed by atoms with Crippen LogP contribution in [0.25, 0.3) is 0 Å². The van der Waals surface area contributed by atoms with Gasteiger partial charge in [-0.15, -0.1) is 0 Å². The van der Waals surface area contributed by atoms with Crippen LogP contribution in [0.2, 0.25) is 0 Å². The summed E-state index contributed by atoms with van der Waals surface area (Å²) in [6, 6.07) is 13.4.